The third-order valence-electron chi connectivity index (χ3n) is 3.17. The first kappa shape index (κ1) is 15.6. The van der Waals surface area contributed by atoms with Gasteiger partial charge in [-0.15, -0.1) is 0 Å². The highest BCUT2D eigenvalue weighted by atomic mass is 19.4. The van der Waals surface area contributed by atoms with E-state index in [2.05, 4.69) is 5.32 Å². The van der Waals surface area contributed by atoms with Gasteiger partial charge in [-0.1, -0.05) is 6.92 Å². The summed E-state index contributed by atoms with van der Waals surface area (Å²) in [5.74, 6) is -1.46. The molecule has 2 amide bonds. The molecule has 3 N–H and O–H groups in total. The summed E-state index contributed by atoms with van der Waals surface area (Å²) in [7, 11) is 0. The molecule has 1 aliphatic carbocycles. The zero-order valence-electron chi connectivity index (χ0n) is 10.5. The first-order chi connectivity index (χ1) is 8.68. The van der Waals surface area contributed by atoms with Gasteiger partial charge in [0.1, 0.15) is 5.54 Å². The summed E-state index contributed by atoms with van der Waals surface area (Å²) in [5, 5.41) is 12.8. The number of carbonyl (C=O) groups excluding carboxylic acids is 1. The summed E-state index contributed by atoms with van der Waals surface area (Å²) in [4.78, 5) is 21.8. The number of halogens is 3. The van der Waals surface area contributed by atoms with Crippen LogP contribution in [0.15, 0.2) is 0 Å². The number of carboxylic acid groups (broad SMARTS) is 1. The van der Waals surface area contributed by atoms with Crippen LogP contribution in [0.5, 0.6) is 0 Å². The molecule has 0 aromatic carbocycles. The smallest absolute Gasteiger partial charge is 0.411 e. The molecule has 1 aliphatic rings. The highest BCUT2D eigenvalue weighted by Crippen LogP contribution is 2.48. The molecule has 8 heteroatoms. The van der Waals surface area contributed by atoms with Gasteiger partial charge in [0.15, 0.2) is 0 Å². The second-order valence-corrected chi connectivity index (χ2v) is 4.84. The molecule has 0 radical (unpaired) electrons. The summed E-state index contributed by atoms with van der Waals surface area (Å²) in [6.07, 6.45) is -3.86. The molecule has 1 fully saturated rings. The molecular weight excluding hydrogens is 265 g/mol. The monoisotopic (exact) mass is 282 g/mol. The first-order valence-corrected chi connectivity index (χ1v) is 6.03. The van der Waals surface area contributed by atoms with Gasteiger partial charge in [-0.3, -0.25) is 4.79 Å². The van der Waals surface area contributed by atoms with Crippen LogP contribution in [-0.2, 0) is 4.79 Å². The maximum atomic E-state index is 12.5. The third kappa shape index (κ3) is 4.29. The Morgan fingerprint density at radius 3 is 2.37 bits per heavy atom. The largest absolute Gasteiger partial charge is 0.481 e. The zero-order chi connectivity index (χ0) is 14.7. The quantitative estimate of drug-likeness (QED) is 0.651. The van der Waals surface area contributed by atoms with Crippen molar-refractivity contribution in [2.45, 2.75) is 44.3 Å². The van der Waals surface area contributed by atoms with Gasteiger partial charge in [-0.2, -0.15) is 13.2 Å². The van der Waals surface area contributed by atoms with E-state index in [0.717, 1.165) is 0 Å². The van der Waals surface area contributed by atoms with Gasteiger partial charge < -0.3 is 15.7 Å². The van der Waals surface area contributed by atoms with Crippen molar-refractivity contribution in [2.24, 2.45) is 5.92 Å². The highest BCUT2D eigenvalue weighted by Gasteiger charge is 2.64. The van der Waals surface area contributed by atoms with Crippen LogP contribution < -0.4 is 10.6 Å². The molecule has 1 atom stereocenters. The number of hydrogen-bond donors (Lipinski definition) is 3. The van der Waals surface area contributed by atoms with E-state index in [9.17, 15) is 22.8 Å². The second kappa shape index (κ2) is 5.66. The van der Waals surface area contributed by atoms with Crippen molar-refractivity contribution < 1.29 is 27.9 Å². The van der Waals surface area contributed by atoms with Gasteiger partial charge in [0, 0.05) is 6.54 Å². The van der Waals surface area contributed by atoms with Crippen molar-refractivity contribution in [3.05, 3.63) is 0 Å². The molecule has 0 aliphatic heterocycles. The van der Waals surface area contributed by atoms with Gasteiger partial charge in [-0.25, -0.2) is 4.79 Å². The van der Waals surface area contributed by atoms with E-state index < -0.39 is 29.6 Å². The maximum absolute atomic E-state index is 12.5. The van der Waals surface area contributed by atoms with Gasteiger partial charge in [0.25, 0.3) is 0 Å². The number of aliphatic carboxylic acids is 1. The third-order valence-corrected chi connectivity index (χ3v) is 3.17. The normalized spacial score (nSPS) is 18.5. The molecule has 1 saturated carbocycles. The van der Waals surface area contributed by atoms with Crippen LogP contribution >= 0.6 is 0 Å². The molecule has 110 valence electrons. The Hall–Kier alpha value is -1.47. The molecule has 0 aromatic rings. The Labute approximate surface area is 108 Å². The Kier molecular flexibility index (Phi) is 4.65. The van der Waals surface area contributed by atoms with Gasteiger partial charge in [0.05, 0.1) is 5.92 Å². The predicted molar refractivity (Wildman–Crippen MR) is 60.6 cm³/mol. The summed E-state index contributed by atoms with van der Waals surface area (Å²) in [6.45, 7) is 1.68. The molecule has 0 spiro atoms. The lowest BCUT2D eigenvalue weighted by atomic mass is 10.1. The van der Waals surface area contributed by atoms with Crippen molar-refractivity contribution in [2.75, 3.05) is 6.54 Å². The molecular formula is C11H17F3N2O3. The molecule has 1 rings (SSSR count). The van der Waals surface area contributed by atoms with Crippen molar-refractivity contribution in [1.29, 1.82) is 0 Å². The number of amides is 2. The van der Waals surface area contributed by atoms with Gasteiger partial charge in [-0.05, 0) is 25.7 Å². The van der Waals surface area contributed by atoms with Crippen LogP contribution in [0.3, 0.4) is 0 Å². The lowest BCUT2D eigenvalue weighted by Crippen LogP contribution is -2.51. The summed E-state index contributed by atoms with van der Waals surface area (Å²) < 4.78 is 37.6. The second-order valence-electron chi connectivity index (χ2n) is 4.84. The minimum absolute atomic E-state index is 0.0973. The van der Waals surface area contributed by atoms with Crippen molar-refractivity contribution >= 4 is 12.0 Å². The molecule has 1 unspecified atom stereocenters. The van der Waals surface area contributed by atoms with E-state index in [0.29, 0.717) is 12.8 Å². The van der Waals surface area contributed by atoms with Crippen molar-refractivity contribution in [3.63, 3.8) is 0 Å². The summed E-state index contributed by atoms with van der Waals surface area (Å²) in [6, 6.07) is -0.863. The minimum Gasteiger partial charge on any atom is -0.481 e. The van der Waals surface area contributed by atoms with Crippen molar-refractivity contribution in [3.8, 4) is 0 Å². The number of carboxylic acids is 1. The fourth-order valence-corrected chi connectivity index (χ4v) is 1.60. The lowest BCUT2D eigenvalue weighted by molar-refractivity contribution is -0.162. The zero-order valence-corrected chi connectivity index (χ0v) is 10.5. The average molecular weight is 282 g/mol. The van der Waals surface area contributed by atoms with Gasteiger partial charge in [0.2, 0.25) is 0 Å². The first-order valence-electron chi connectivity index (χ1n) is 6.03. The fourth-order valence-electron chi connectivity index (χ4n) is 1.60. The number of carbonyl (C=O) groups is 2. The van der Waals surface area contributed by atoms with Crippen molar-refractivity contribution in [1.82, 2.24) is 10.6 Å². The van der Waals surface area contributed by atoms with E-state index >= 15 is 0 Å². The highest BCUT2D eigenvalue weighted by molar-refractivity contribution is 5.75. The van der Waals surface area contributed by atoms with Crippen LogP contribution in [0.4, 0.5) is 18.0 Å². The molecule has 0 heterocycles. The average Bonchev–Trinajstić information content (AvgIpc) is 3.04. The van der Waals surface area contributed by atoms with E-state index in [1.54, 1.807) is 0 Å². The Morgan fingerprint density at radius 1 is 1.37 bits per heavy atom. The topological polar surface area (TPSA) is 78.4 Å². The predicted octanol–water partition coefficient (Wildman–Crippen LogP) is 1.88. The lowest BCUT2D eigenvalue weighted by Gasteiger charge is -2.20. The number of rotatable bonds is 6. The molecule has 0 bridgehead atoms. The number of urea groups is 1. The van der Waals surface area contributed by atoms with Crippen LogP contribution in [0.25, 0.3) is 0 Å². The summed E-state index contributed by atoms with van der Waals surface area (Å²) >= 11 is 0. The van der Waals surface area contributed by atoms with E-state index in [4.69, 9.17) is 5.11 Å². The molecule has 0 aromatic heterocycles. The van der Waals surface area contributed by atoms with Crippen LogP contribution in [0.1, 0.15) is 32.6 Å². The number of alkyl halides is 3. The van der Waals surface area contributed by atoms with Crippen LogP contribution in [0, 0.1) is 5.92 Å². The number of nitrogens with one attached hydrogen (secondary N) is 2. The minimum atomic E-state index is -4.43. The van der Waals surface area contributed by atoms with E-state index in [1.165, 1.54) is 6.92 Å². The molecule has 5 nitrogen and oxygen atoms in total. The Balaban J connectivity index is 2.21. The van der Waals surface area contributed by atoms with Crippen LogP contribution in [-0.4, -0.2) is 35.4 Å². The maximum Gasteiger partial charge on any atom is 0.411 e. The number of hydrogen-bond acceptors (Lipinski definition) is 2. The van der Waals surface area contributed by atoms with E-state index in [1.807, 2.05) is 5.32 Å². The molecule has 19 heavy (non-hydrogen) atoms. The van der Waals surface area contributed by atoms with E-state index in [-0.39, 0.29) is 19.4 Å². The molecule has 0 saturated heterocycles. The Morgan fingerprint density at radius 2 is 1.95 bits per heavy atom. The Bertz CT molecular complexity index is 354. The van der Waals surface area contributed by atoms with Gasteiger partial charge >= 0.3 is 18.2 Å². The summed E-state index contributed by atoms with van der Waals surface area (Å²) in [5.41, 5.74) is -2.06. The van der Waals surface area contributed by atoms with Crippen LogP contribution in [0.2, 0.25) is 0 Å². The standard InChI is InChI=1S/C11H17F3N2O3/c1-7(8(17)18)3-2-6-15-9(19)16-10(4-5-10)11(12,13)14/h7H,2-6H2,1H3,(H,17,18)(H2,15,16,19). The SMILES string of the molecule is CC(CCCNC(=O)NC1(C(F)(F)F)CC1)C(=O)O. The fraction of sp³-hybridized carbons (Fsp3) is 0.818.